The highest BCUT2D eigenvalue weighted by Gasteiger charge is 2.32. The van der Waals surface area contributed by atoms with Gasteiger partial charge in [0.2, 0.25) is 0 Å². The normalized spacial score (nSPS) is 27.1. The molecule has 0 bridgehead atoms. The van der Waals surface area contributed by atoms with Crippen molar-refractivity contribution < 1.29 is 14.3 Å². The van der Waals surface area contributed by atoms with Crippen molar-refractivity contribution in [3.8, 4) is 0 Å². The van der Waals surface area contributed by atoms with Crippen molar-refractivity contribution in [3.05, 3.63) is 35.4 Å². The van der Waals surface area contributed by atoms with E-state index < -0.39 is 5.97 Å². The van der Waals surface area contributed by atoms with E-state index in [1.165, 1.54) is 7.11 Å². The summed E-state index contributed by atoms with van der Waals surface area (Å²) >= 11 is 6.17. The van der Waals surface area contributed by atoms with Gasteiger partial charge in [0.05, 0.1) is 19.6 Å². The number of carbonyl (C=O) groups is 1. The Morgan fingerprint density at radius 3 is 2.81 bits per heavy atom. The number of alkyl halides is 1. The minimum Gasteiger partial charge on any atom is -0.497 e. The van der Waals surface area contributed by atoms with Gasteiger partial charge >= 0.3 is 5.97 Å². The summed E-state index contributed by atoms with van der Waals surface area (Å²) in [7, 11) is 2.93. The SMILES string of the molecule is COC(=O)C1=CC2C(=CC(OC)=CC2Cl)N1. The van der Waals surface area contributed by atoms with Crippen molar-refractivity contribution in [1.29, 1.82) is 0 Å². The molecule has 2 unspecified atom stereocenters. The van der Waals surface area contributed by atoms with E-state index in [1.807, 2.05) is 12.2 Å². The van der Waals surface area contributed by atoms with Crippen LogP contribution >= 0.6 is 11.6 Å². The largest absolute Gasteiger partial charge is 0.497 e. The number of ether oxygens (including phenoxy) is 2. The number of hydrogen-bond acceptors (Lipinski definition) is 4. The zero-order valence-corrected chi connectivity index (χ0v) is 9.75. The first-order chi connectivity index (χ1) is 7.65. The van der Waals surface area contributed by atoms with Gasteiger partial charge in [-0.05, 0) is 18.2 Å². The Bertz CT molecular complexity index is 411. The van der Waals surface area contributed by atoms with E-state index in [0.717, 1.165) is 5.70 Å². The summed E-state index contributed by atoms with van der Waals surface area (Å²) in [6.07, 6.45) is 5.42. The topological polar surface area (TPSA) is 47.6 Å². The van der Waals surface area contributed by atoms with Crippen LogP contribution in [0, 0.1) is 5.92 Å². The van der Waals surface area contributed by atoms with Gasteiger partial charge in [0, 0.05) is 11.6 Å². The fourth-order valence-corrected chi connectivity index (χ4v) is 2.10. The van der Waals surface area contributed by atoms with Crippen LogP contribution in [0.15, 0.2) is 35.4 Å². The van der Waals surface area contributed by atoms with E-state index in [2.05, 4.69) is 10.1 Å². The molecule has 1 heterocycles. The second-order valence-corrected chi connectivity index (χ2v) is 4.04. The first-order valence-corrected chi connectivity index (χ1v) is 5.28. The molecular weight excluding hydrogens is 230 g/mol. The molecule has 0 spiro atoms. The number of hydrogen-bond donors (Lipinski definition) is 1. The van der Waals surface area contributed by atoms with Gasteiger partial charge in [-0.25, -0.2) is 4.79 Å². The number of nitrogens with one attached hydrogen (secondary N) is 1. The molecule has 1 aliphatic carbocycles. The molecule has 0 aromatic carbocycles. The van der Waals surface area contributed by atoms with Gasteiger partial charge in [-0.15, -0.1) is 11.6 Å². The molecule has 0 amide bonds. The minimum absolute atomic E-state index is 0.0188. The highest BCUT2D eigenvalue weighted by Crippen LogP contribution is 2.33. The zero-order valence-electron chi connectivity index (χ0n) is 8.99. The number of methoxy groups -OCH3 is 2. The third-order valence-corrected chi connectivity index (χ3v) is 2.99. The molecule has 0 saturated carbocycles. The molecule has 0 aromatic rings. The van der Waals surface area contributed by atoms with Gasteiger partial charge in [-0.2, -0.15) is 0 Å². The third kappa shape index (κ3) is 1.80. The van der Waals surface area contributed by atoms with E-state index in [9.17, 15) is 4.79 Å². The molecule has 2 rings (SSSR count). The third-order valence-electron chi connectivity index (χ3n) is 2.59. The van der Waals surface area contributed by atoms with Gasteiger partial charge in [-0.3, -0.25) is 0 Å². The van der Waals surface area contributed by atoms with E-state index in [1.54, 1.807) is 13.2 Å². The summed E-state index contributed by atoms with van der Waals surface area (Å²) in [4.78, 5) is 11.3. The van der Waals surface area contributed by atoms with Crippen molar-refractivity contribution in [2.75, 3.05) is 14.2 Å². The highest BCUT2D eigenvalue weighted by molar-refractivity contribution is 6.22. The standard InChI is InChI=1S/C11H12ClNO3/c1-15-6-3-8(12)7-5-10(11(14)16-2)13-9(7)4-6/h3-5,7-8,13H,1-2H3. The summed E-state index contributed by atoms with van der Waals surface area (Å²) in [5.74, 6) is 0.283. The number of fused-ring (bicyclic) bond motifs is 1. The maximum absolute atomic E-state index is 11.3. The van der Waals surface area contributed by atoms with Gasteiger partial charge in [-0.1, -0.05) is 0 Å². The van der Waals surface area contributed by atoms with Crippen LogP contribution in [-0.2, 0) is 14.3 Å². The van der Waals surface area contributed by atoms with Crippen molar-refractivity contribution in [1.82, 2.24) is 5.32 Å². The van der Waals surface area contributed by atoms with Crippen molar-refractivity contribution >= 4 is 17.6 Å². The fourth-order valence-electron chi connectivity index (χ4n) is 1.76. The molecule has 2 atom stereocenters. The van der Waals surface area contributed by atoms with Gasteiger partial charge in [0.15, 0.2) is 0 Å². The van der Waals surface area contributed by atoms with Crippen LogP contribution in [0.25, 0.3) is 0 Å². The van der Waals surface area contributed by atoms with E-state index in [-0.39, 0.29) is 11.3 Å². The van der Waals surface area contributed by atoms with Gasteiger partial charge in [0.1, 0.15) is 11.5 Å². The highest BCUT2D eigenvalue weighted by atomic mass is 35.5. The zero-order chi connectivity index (χ0) is 11.7. The monoisotopic (exact) mass is 241 g/mol. The number of esters is 1. The summed E-state index contributed by atoms with van der Waals surface area (Å²) in [5.41, 5.74) is 1.29. The molecule has 0 fully saturated rings. The fraction of sp³-hybridized carbons (Fsp3) is 0.364. The molecule has 0 radical (unpaired) electrons. The Labute approximate surface area is 98.5 Å². The van der Waals surface area contributed by atoms with Crippen LogP contribution in [0.3, 0.4) is 0 Å². The maximum atomic E-state index is 11.3. The van der Waals surface area contributed by atoms with Crippen molar-refractivity contribution in [2.24, 2.45) is 5.92 Å². The maximum Gasteiger partial charge on any atom is 0.354 e. The molecule has 2 aliphatic rings. The summed E-state index contributed by atoms with van der Waals surface area (Å²) in [5, 5.41) is 2.76. The van der Waals surface area contributed by atoms with E-state index in [0.29, 0.717) is 11.5 Å². The number of allylic oxidation sites excluding steroid dienone is 3. The summed E-state index contributed by atoms with van der Waals surface area (Å²) in [6, 6.07) is 0. The Morgan fingerprint density at radius 1 is 1.44 bits per heavy atom. The molecule has 0 saturated heterocycles. The second kappa shape index (κ2) is 4.22. The average molecular weight is 242 g/mol. The number of carbonyl (C=O) groups excluding carboxylic acids is 1. The Kier molecular flexibility index (Phi) is 2.92. The molecular formula is C11H12ClNO3. The van der Waals surface area contributed by atoms with Crippen molar-refractivity contribution in [2.45, 2.75) is 5.38 Å². The summed E-state index contributed by atoms with van der Waals surface area (Å²) < 4.78 is 9.75. The van der Waals surface area contributed by atoms with E-state index >= 15 is 0 Å². The first-order valence-electron chi connectivity index (χ1n) is 4.84. The molecule has 1 N–H and O–H groups in total. The number of halogens is 1. The lowest BCUT2D eigenvalue weighted by molar-refractivity contribution is -0.136. The van der Waals surface area contributed by atoms with Gasteiger partial charge in [0.25, 0.3) is 0 Å². The molecule has 0 aromatic heterocycles. The quantitative estimate of drug-likeness (QED) is 0.585. The average Bonchev–Trinajstić information content (AvgIpc) is 2.72. The first kappa shape index (κ1) is 11.1. The molecule has 5 heteroatoms. The van der Waals surface area contributed by atoms with E-state index in [4.69, 9.17) is 16.3 Å². The molecule has 16 heavy (non-hydrogen) atoms. The van der Waals surface area contributed by atoms with Crippen LogP contribution in [0.1, 0.15) is 0 Å². The van der Waals surface area contributed by atoms with Crippen LogP contribution < -0.4 is 5.32 Å². The Morgan fingerprint density at radius 2 is 2.19 bits per heavy atom. The lowest BCUT2D eigenvalue weighted by Crippen LogP contribution is -2.22. The molecule has 1 aliphatic heterocycles. The lowest BCUT2D eigenvalue weighted by Gasteiger charge is -2.20. The van der Waals surface area contributed by atoms with Crippen LogP contribution in [0.5, 0.6) is 0 Å². The van der Waals surface area contributed by atoms with Crippen molar-refractivity contribution in [3.63, 3.8) is 0 Å². The number of rotatable bonds is 2. The minimum atomic E-state index is -0.391. The van der Waals surface area contributed by atoms with Crippen LogP contribution in [0.4, 0.5) is 0 Å². The smallest absolute Gasteiger partial charge is 0.354 e. The Hall–Kier alpha value is -1.42. The Balaban J connectivity index is 2.23. The van der Waals surface area contributed by atoms with Gasteiger partial charge < -0.3 is 14.8 Å². The predicted molar refractivity (Wildman–Crippen MR) is 59.5 cm³/mol. The lowest BCUT2D eigenvalue weighted by atomic mass is 9.97. The van der Waals surface area contributed by atoms with Crippen LogP contribution in [0.2, 0.25) is 0 Å². The van der Waals surface area contributed by atoms with Crippen LogP contribution in [-0.4, -0.2) is 25.6 Å². The predicted octanol–water partition coefficient (Wildman–Crippen LogP) is 1.30. The second-order valence-electron chi connectivity index (χ2n) is 3.54. The molecule has 4 nitrogen and oxygen atoms in total. The molecule has 86 valence electrons. The summed E-state index contributed by atoms with van der Waals surface area (Å²) in [6.45, 7) is 0.